The maximum atomic E-state index is 12.9. The number of nitrogens with one attached hydrogen (secondary N) is 1. The van der Waals surface area contributed by atoms with Crippen molar-refractivity contribution < 1.29 is 9.53 Å². The first kappa shape index (κ1) is 21.2. The van der Waals surface area contributed by atoms with Gasteiger partial charge in [-0.2, -0.15) is 4.98 Å². The van der Waals surface area contributed by atoms with E-state index in [0.717, 1.165) is 11.3 Å². The number of fused-ring (bicyclic) bond motifs is 1. The van der Waals surface area contributed by atoms with Gasteiger partial charge in [-0.1, -0.05) is 78.5 Å². The van der Waals surface area contributed by atoms with E-state index in [4.69, 9.17) is 21.4 Å². The van der Waals surface area contributed by atoms with Crippen molar-refractivity contribution in [2.45, 2.75) is 23.9 Å². The molecule has 1 atom stereocenters. The zero-order valence-corrected chi connectivity index (χ0v) is 18.5. The average molecular weight is 453 g/mol. The van der Waals surface area contributed by atoms with Gasteiger partial charge in [0.15, 0.2) is 0 Å². The van der Waals surface area contributed by atoms with E-state index in [1.54, 1.807) is 22.9 Å². The topological polar surface area (TPSA) is 69.0 Å². The third-order valence-electron chi connectivity index (χ3n) is 4.78. The van der Waals surface area contributed by atoms with E-state index in [2.05, 4.69) is 29.0 Å². The highest BCUT2D eigenvalue weighted by Gasteiger charge is 2.35. The Labute approximate surface area is 190 Å². The lowest BCUT2D eigenvalue weighted by Crippen LogP contribution is -2.29. The Hall–Kier alpha value is -3.03. The van der Waals surface area contributed by atoms with Crippen LogP contribution in [0.3, 0.4) is 0 Å². The third-order valence-corrected chi connectivity index (χ3v) is 5.94. The second kappa shape index (κ2) is 9.41. The van der Waals surface area contributed by atoms with Gasteiger partial charge >= 0.3 is 5.97 Å². The minimum Gasteiger partial charge on any atom is -0.458 e. The zero-order valence-electron chi connectivity index (χ0n) is 16.9. The first-order valence-electron chi connectivity index (χ1n) is 9.71. The zero-order chi connectivity index (χ0) is 21.8. The number of nitrogens with zero attached hydrogens (tertiary/aromatic N) is 3. The largest absolute Gasteiger partial charge is 0.458 e. The smallest absolute Gasteiger partial charge is 0.338 e. The van der Waals surface area contributed by atoms with Crippen LogP contribution in [0.1, 0.15) is 24.1 Å². The molecule has 1 aliphatic rings. The van der Waals surface area contributed by atoms with Gasteiger partial charge in [0.25, 0.3) is 0 Å². The number of esters is 1. The van der Waals surface area contributed by atoms with Crippen LogP contribution in [0, 0.1) is 0 Å². The number of rotatable bonds is 7. The molecular weight excluding hydrogens is 432 g/mol. The van der Waals surface area contributed by atoms with Gasteiger partial charge in [0.05, 0.1) is 5.57 Å². The molecule has 1 aromatic heterocycles. The summed E-state index contributed by atoms with van der Waals surface area (Å²) in [4.78, 5) is 17.5. The molecule has 8 heteroatoms. The highest BCUT2D eigenvalue weighted by molar-refractivity contribution is 7.98. The summed E-state index contributed by atoms with van der Waals surface area (Å²) >= 11 is 7.62. The van der Waals surface area contributed by atoms with Gasteiger partial charge < -0.3 is 10.1 Å². The molecule has 4 rings (SSSR count). The minimum atomic E-state index is -0.482. The van der Waals surface area contributed by atoms with Gasteiger partial charge in [0, 0.05) is 16.5 Å². The number of hydrogen-bond acceptors (Lipinski definition) is 6. The van der Waals surface area contributed by atoms with Gasteiger partial charge in [0.1, 0.15) is 12.6 Å². The van der Waals surface area contributed by atoms with Crippen LogP contribution in [0.5, 0.6) is 0 Å². The van der Waals surface area contributed by atoms with Gasteiger partial charge in [-0.15, -0.1) is 5.10 Å². The monoisotopic (exact) mass is 452 g/mol. The number of hydrogen-bond donors (Lipinski definition) is 1. The van der Waals surface area contributed by atoms with Gasteiger partial charge in [-0.25, -0.2) is 9.48 Å². The Morgan fingerprint density at radius 2 is 2.00 bits per heavy atom. The Morgan fingerprint density at radius 1 is 1.26 bits per heavy atom. The SMILES string of the molecule is C=CCOC(=O)C1=C(C)Nc2nc(SCc3ccccc3)nn2C1c1ccc(Cl)cc1. The normalized spacial score (nSPS) is 15.2. The maximum absolute atomic E-state index is 12.9. The van der Waals surface area contributed by atoms with Crippen molar-refractivity contribution in [2.24, 2.45) is 0 Å². The van der Waals surface area contributed by atoms with E-state index in [-0.39, 0.29) is 6.61 Å². The van der Waals surface area contributed by atoms with E-state index in [1.807, 2.05) is 37.3 Å². The molecule has 0 saturated carbocycles. The fraction of sp³-hybridized carbons (Fsp3) is 0.174. The summed E-state index contributed by atoms with van der Waals surface area (Å²) < 4.78 is 7.09. The molecule has 0 fully saturated rings. The summed E-state index contributed by atoms with van der Waals surface area (Å²) in [6, 6.07) is 17.0. The molecule has 6 nitrogen and oxygen atoms in total. The second-order valence-electron chi connectivity index (χ2n) is 6.94. The molecule has 1 aliphatic heterocycles. The molecule has 0 aliphatic carbocycles. The first-order chi connectivity index (χ1) is 15.1. The van der Waals surface area contributed by atoms with Crippen LogP contribution in [0.15, 0.2) is 83.7 Å². The maximum Gasteiger partial charge on any atom is 0.338 e. The van der Waals surface area contributed by atoms with Crippen molar-refractivity contribution >= 4 is 35.3 Å². The van der Waals surface area contributed by atoms with Crippen LogP contribution in [-0.2, 0) is 15.3 Å². The molecule has 3 aromatic rings. The Morgan fingerprint density at radius 3 is 2.71 bits per heavy atom. The number of aromatic nitrogens is 3. The standard InChI is InChI=1S/C23H21ClN4O2S/c1-3-13-30-21(29)19-15(2)25-22-26-23(31-14-16-7-5-4-6-8-16)27-28(22)20(19)17-9-11-18(24)12-10-17/h3-12,20H,1,13-14H2,2H3,(H,25,26,27). The molecule has 1 N–H and O–H groups in total. The number of allylic oxidation sites excluding steroid dienone is 1. The van der Waals surface area contributed by atoms with Crippen LogP contribution in [0.4, 0.5) is 5.95 Å². The highest BCUT2D eigenvalue weighted by atomic mass is 35.5. The second-order valence-corrected chi connectivity index (χ2v) is 8.32. The first-order valence-corrected chi connectivity index (χ1v) is 11.1. The highest BCUT2D eigenvalue weighted by Crippen LogP contribution is 2.37. The molecule has 2 heterocycles. The lowest BCUT2D eigenvalue weighted by Gasteiger charge is -2.28. The van der Waals surface area contributed by atoms with E-state index < -0.39 is 12.0 Å². The predicted octanol–water partition coefficient (Wildman–Crippen LogP) is 5.24. The fourth-order valence-electron chi connectivity index (χ4n) is 3.34. The van der Waals surface area contributed by atoms with E-state index in [0.29, 0.717) is 27.4 Å². The van der Waals surface area contributed by atoms with Crippen LogP contribution >= 0.6 is 23.4 Å². The number of carbonyl (C=O) groups excluding carboxylic acids is 1. The molecule has 0 spiro atoms. The molecule has 0 amide bonds. The van der Waals surface area contributed by atoms with Gasteiger partial charge in [-0.05, 0) is 30.2 Å². The summed E-state index contributed by atoms with van der Waals surface area (Å²) in [5, 5.41) is 9.15. The Balaban J connectivity index is 1.69. The molecule has 0 saturated heterocycles. The van der Waals surface area contributed by atoms with Crippen molar-refractivity contribution in [3.05, 3.63) is 94.7 Å². The van der Waals surface area contributed by atoms with E-state index in [1.165, 1.54) is 17.3 Å². The van der Waals surface area contributed by atoms with Gasteiger partial charge in [0.2, 0.25) is 11.1 Å². The number of anilines is 1. The van der Waals surface area contributed by atoms with Crippen molar-refractivity contribution in [1.29, 1.82) is 0 Å². The van der Waals surface area contributed by atoms with E-state index in [9.17, 15) is 4.79 Å². The summed E-state index contributed by atoms with van der Waals surface area (Å²) in [5.41, 5.74) is 3.20. The minimum absolute atomic E-state index is 0.130. The Kier molecular flexibility index (Phi) is 6.44. The average Bonchev–Trinajstić information content (AvgIpc) is 3.19. The van der Waals surface area contributed by atoms with Crippen molar-refractivity contribution in [3.63, 3.8) is 0 Å². The molecule has 31 heavy (non-hydrogen) atoms. The molecule has 2 aromatic carbocycles. The predicted molar refractivity (Wildman–Crippen MR) is 123 cm³/mol. The lowest BCUT2D eigenvalue weighted by molar-refractivity contribution is -0.138. The van der Waals surface area contributed by atoms with Crippen molar-refractivity contribution in [2.75, 3.05) is 11.9 Å². The van der Waals surface area contributed by atoms with Crippen molar-refractivity contribution in [1.82, 2.24) is 14.8 Å². The number of thioether (sulfide) groups is 1. The number of ether oxygens (including phenoxy) is 1. The van der Waals surface area contributed by atoms with Crippen LogP contribution < -0.4 is 5.32 Å². The van der Waals surface area contributed by atoms with Crippen LogP contribution in [-0.4, -0.2) is 27.3 Å². The summed E-state index contributed by atoms with van der Waals surface area (Å²) in [6.45, 7) is 5.58. The van der Waals surface area contributed by atoms with Gasteiger partial charge in [-0.3, -0.25) is 0 Å². The Bertz CT molecular complexity index is 1130. The number of halogens is 1. The third kappa shape index (κ3) is 4.68. The number of carbonyl (C=O) groups is 1. The molecule has 158 valence electrons. The molecule has 0 radical (unpaired) electrons. The van der Waals surface area contributed by atoms with Crippen LogP contribution in [0.25, 0.3) is 0 Å². The summed E-state index contributed by atoms with van der Waals surface area (Å²) in [5.74, 6) is 0.897. The molecular formula is C23H21ClN4O2S. The summed E-state index contributed by atoms with van der Waals surface area (Å²) in [6.07, 6.45) is 1.54. The fourth-order valence-corrected chi connectivity index (χ4v) is 4.26. The summed E-state index contributed by atoms with van der Waals surface area (Å²) in [7, 11) is 0. The van der Waals surface area contributed by atoms with Crippen LogP contribution in [0.2, 0.25) is 5.02 Å². The molecule has 0 bridgehead atoms. The molecule has 1 unspecified atom stereocenters. The van der Waals surface area contributed by atoms with E-state index >= 15 is 0 Å². The van der Waals surface area contributed by atoms with Crippen molar-refractivity contribution in [3.8, 4) is 0 Å². The lowest BCUT2D eigenvalue weighted by atomic mass is 9.96. The quantitative estimate of drug-likeness (QED) is 0.300. The number of benzene rings is 2.